The van der Waals surface area contributed by atoms with Gasteiger partial charge in [0.1, 0.15) is 12.7 Å². The van der Waals surface area contributed by atoms with Gasteiger partial charge in [-0.15, -0.1) is 0 Å². The summed E-state index contributed by atoms with van der Waals surface area (Å²) in [6.07, 6.45) is 1.69. The standard InChI is InChI=1S/C34H37ClN2O8/c1-18-27(21-5-4-6-22(35)13-21)45-30(39)37(18)32(2,3)17-42-31(40)43-24-10-9-20-14-25-34(41)12-11-23(38)29-33(34,26(20)28(24)44-29)16-36(25)15-19-7-8-19/h4-6,9-10,13,19,23,25,29,38,41H,7-8,11-12,14-17H2,1-3H3/t23?,25-,29?,33+,34-/m1/s1. The van der Waals surface area contributed by atoms with Crippen LogP contribution in [0.4, 0.5) is 4.79 Å². The quantitative estimate of drug-likeness (QED) is 0.284. The van der Waals surface area contributed by atoms with Gasteiger partial charge in [-0.3, -0.25) is 9.47 Å². The predicted molar refractivity (Wildman–Crippen MR) is 164 cm³/mol. The Labute approximate surface area is 265 Å². The largest absolute Gasteiger partial charge is 0.514 e. The molecule has 45 heavy (non-hydrogen) atoms. The second-order valence-electron chi connectivity index (χ2n) is 14.1. The topological polar surface area (TPSA) is 124 Å². The van der Waals surface area contributed by atoms with Gasteiger partial charge in [0.05, 0.1) is 28.4 Å². The van der Waals surface area contributed by atoms with Crippen LogP contribution >= 0.6 is 11.6 Å². The maximum Gasteiger partial charge on any atom is 0.514 e. The van der Waals surface area contributed by atoms with Crippen molar-refractivity contribution >= 4 is 17.8 Å². The first-order valence-corrected chi connectivity index (χ1v) is 16.1. The number of hydrogen-bond donors (Lipinski definition) is 2. The summed E-state index contributed by atoms with van der Waals surface area (Å²) in [5.74, 6) is 1.04. The number of rotatable bonds is 7. The average molecular weight is 637 g/mol. The first-order valence-electron chi connectivity index (χ1n) is 15.7. The summed E-state index contributed by atoms with van der Waals surface area (Å²) in [6.45, 7) is 6.66. The number of oxazole rings is 1. The molecule has 3 heterocycles. The van der Waals surface area contributed by atoms with E-state index in [4.69, 9.17) is 30.2 Å². The number of likely N-dealkylation sites (tertiary alicyclic amines) is 1. The molecule has 3 fully saturated rings. The number of aliphatic hydroxyl groups excluding tert-OH is 1. The summed E-state index contributed by atoms with van der Waals surface area (Å²) in [6, 6.07) is 10.6. The number of halogens is 1. The van der Waals surface area contributed by atoms with Gasteiger partial charge in [0, 0.05) is 35.3 Å². The van der Waals surface area contributed by atoms with Crippen molar-refractivity contribution in [3.63, 3.8) is 0 Å². The fourth-order valence-corrected chi connectivity index (χ4v) is 8.93. The Morgan fingerprint density at radius 1 is 1.20 bits per heavy atom. The fraction of sp³-hybridized carbons (Fsp3) is 0.529. The lowest BCUT2D eigenvalue weighted by Crippen LogP contribution is -2.67. The normalized spacial score (nSPS) is 29.8. The highest BCUT2D eigenvalue weighted by Gasteiger charge is 2.75. The molecular formula is C34H37ClN2O8. The summed E-state index contributed by atoms with van der Waals surface area (Å²) in [7, 11) is 0. The van der Waals surface area contributed by atoms with Gasteiger partial charge in [-0.1, -0.05) is 29.8 Å². The van der Waals surface area contributed by atoms with Crippen LogP contribution in [0.2, 0.25) is 5.02 Å². The van der Waals surface area contributed by atoms with Gasteiger partial charge in [-0.25, -0.2) is 9.59 Å². The highest BCUT2D eigenvalue weighted by molar-refractivity contribution is 6.30. The number of carbonyl (C=O) groups is 1. The SMILES string of the molecule is Cc1c(-c2cccc(Cl)c2)oc(=O)n1C(C)(C)COC(=O)Oc1ccc2c3c1OC1C(O)CC[C@@]4(O)[C@@H](C2)N(CC2CC2)C[C@]314. The average Bonchev–Trinajstić information content (AvgIpc) is 3.62. The Kier molecular flexibility index (Phi) is 6.37. The second-order valence-corrected chi connectivity index (χ2v) is 14.6. The van der Waals surface area contributed by atoms with Gasteiger partial charge < -0.3 is 28.8 Å². The van der Waals surface area contributed by atoms with Crippen LogP contribution in [-0.4, -0.2) is 69.4 Å². The predicted octanol–water partition coefficient (Wildman–Crippen LogP) is 4.56. The number of nitrogens with zero attached hydrogens (tertiary/aromatic N) is 2. The van der Waals surface area contributed by atoms with E-state index in [1.165, 1.54) is 17.4 Å². The minimum atomic E-state index is -1.03. The van der Waals surface area contributed by atoms with Crippen LogP contribution in [0.3, 0.4) is 0 Å². The smallest absolute Gasteiger partial charge is 0.482 e. The van der Waals surface area contributed by atoms with Gasteiger partial charge in [0.2, 0.25) is 0 Å². The van der Waals surface area contributed by atoms with Crippen molar-refractivity contribution in [2.75, 3.05) is 19.7 Å². The molecule has 2 N–H and O–H groups in total. The van der Waals surface area contributed by atoms with E-state index in [9.17, 15) is 19.8 Å². The third-order valence-electron chi connectivity index (χ3n) is 10.8. The number of benzene rings is 2. The molecule has 3 aliphatic carbocycles. The summed E-state index contributed by atoms with van der Waals surface area (Å²) >= 11 is 6.15. The summed E-state index contributed by atoms with van der Waals surface area (Å²) in [5, 5.41) is 24.0. The molecule has 11 heteroatoms. The number of hydrogen-bond acceptors (Lipinski definition) is 9. The number of aliphatic hydroxyl groups is 2. The van der Waals surface area contributed by atoms with Crippen LogP contribution in [0.5, 0.6) is 11.5 Å². The first-order chi connectivity index (χ1) is 21.4. The van der Waals surface area contributed by atoms with Crippen molar-refractivity contribution in [3.8, 4) is 22.8 Å². The molecule has 0 radical (unpaired) electrons. The maximum atomic E-state index is 13.1. The molecule has 1 saturated heterocycles. The first kappa shape index (κ1) is 29.1. The molecule has 2 saturated carbocycles. The Morgan fingerprint density at radius 2 is 2.00 bits per heavy atom. The zero-order chi connectivity index (χ0) is 31.5. The third kappa shape index (κ3) is 4.18. The second kappa shape index (κ2) is 9.84. The van der Waals surface area contributed by atoms with Crippen LogP contribution in [0.15, 0.2) is 45.6 Å². The molecule has 2 aromatic carbocycles. The Hall–Kier alpha value is -3.31. The Morgan fingerprint density at radius 3 is 2.76 bits per heavy atom. The molecular weight excluding hydrogens is 600 g/mol. The molecule has 8 rings (SSSR count). The van der Waals surface area contributed by atoms with Gasteiger partial charge in [0.25, 0.3) is 0 Å². The molecule has 1 spiro atoms. The summed E-state index contributed by atoms with van der Waals surface area (Å²) in [4.78, 5) is 28.5. The maximum absolute atomic E-state index is 13.1. The molecule has 3 aromatic rings. The van der Waals surface area contributed by atoms with Crippen molar-refractivity contribution < 1.29 is 33.6 Å². The molecule has 238 valence electrons. The molecule has 2 aliphatic heterocycles. The third-order valence-corrected chi connectivity index (χ3v) is 11.1. The fourth-order valence-electron chi connectivity index (χ4n) is 8.74. The Balaban J connectivity index is 1.05. The Bertz CT molecular complexity index is 1780. The van der Waals surface area contributed by atoms with E-state index < -0.39 is 40.7 Å². The van der Waals surface area contributed by atoms with Crippen molar-refractivity contribution in [2.45, 2.75) is 87.7 Å². The van der Waals surface area contributed by atoms with E-state index in [1.54, 1.807) is 51.1 Å². The van der Waals surface area contributed by atoms with Gasteiger partial charge in [-0.2, -0.15) is 0 Å². The van der Waals surface area contributed by atoms with Crippen LogP contribution in [0.1, 0.15) is 56.4 Å². The van der Waals surface area contributed by atoms with E-state index in [0.29, 0.717) is 59.5 Å². The number of carbonyl (C=O) groups excluding carboxylic acids is 1. The highest BCUT2D eigenvalue weighted by atomic mass is 35.5. The monoisotopic (exact) mass is 636 g/mol. The zero-order valence-electron chi connectivity index (χ0n) is 25.5. The lowest BCUT2D eigenvalue weighted by molar-refractivity contribution is -0.138. The van der Waals surface area contributed by atoms with E-state index in [2.05, 4.69) is 4.90 Å². The van der Waals surface area contributed by atoms with Gasteiger partial charge >= 0.3 is 11.9 Å². The van der Waals surface area contributed by atoms with Crippen LogP contribution < -0.4 is 15.2 Å². The lowest BCUT2D eigenvalue weighted by atomic mass is 9.54. The van der Waals surface area contributed by atoms with Gasteiger partial charge in [0.15, 0.2) is 17.3 Å². The van der Waals surface area contributed by atoms with Crippen LogP contribution in [0.25, 0.3) is 11.3 Å². The van der Waals surface area contributed by atoms with Crippen molar-refractivity contribution in [3.05, 3.63) is 68.8 Å². The molecule has 2 bridgehead atoms. The van der Waals surface area contributed by atoms with E-state index in [0.717, 1.165) is 17.7 Å². The summed E-state index contributed by atoms with van der Waals surface area (Å²) < 4.78 is 24.8. The molecule has 1 aromatic heterocycles. The molecule has 10 nitrogen and oxygen atoms in total. The van der Waals surface area contributed by atoms with E-state index in [-0.39, 0.29) is 18.4 Å². The number of ether oxygens (including phenoxy) is 3. The van der Waals surface area contributed by atoms with Crippen molar-refractivity contribution in [1.82, 2.24) is 9.47 Å². The molecule has 2 unspecified atom stereocenters. The van der Waals surface area contributed by atoms with E-state index >= 15 is 0 Å². The molecule has 0 amide bonds. The highest BCUT2D eigenvalue weighted by Crippen LogP contribution is 2.66. The zero-order valence-corrected chi connectivity index (χ0v) is 26.3. The number of aromatic nitrogens is 1. The van der Waals surface area contributed by atoms with Crippen molar-refractivity contribution in [1.29, 1.82) is 0 Å². The van der Waals surface area contributed by atoms with Crippen molar-refractivity contribution in [2.24, 2.45) is 5.92 Å². The minimum absolute atomic E-state index is 0.0386. The van der Waals surface area contributed by atoms with Gasteiger partial charge in [-0.05, 0) is 82.6 Å². The molecule has 5 atom stereocenters. The van der Waals surface area contributed by atoms with Crippen LogP contribution in [0, 0.1) is 12.8 Å². The van der Waals surface area contributed by atoms with E-state index in [1.807, 2.05) is 6.07 Å². The van der Waals surface area contributed by atoms with Crippen LogP contribution in [-0.2, 0) is 22.1 Å². The molecule has 5 aliphatic rings. The summed E-state index contributed by atoms with van der Waals surface area (Å²) in [5.41, 5.74) is 0.344. The minimum Gasteiger partial charge on any atom is -0.482 e. The lowest BCUT2D eigenvalue weighted by Gasteiger charge is -2.52.